The Labute approximate surface area is 136 Å². The molecule has 0 bridgehead atoms. The maximum Gasteiger partial charge on any atom is 0.312 e. The van der Waals surface area contributed by atoms with E-state index in [2.05, 4.69) is 10.5 Å². The minimum absolute atomic E-state index is 0.129. The van der Waals surface area contributed by atoms with Crippen LogP contribution in [0.3, 0.4) is 0 Å². The zero-order valence-electron chi connectivity index (χ0n) is 11.4. The number of rotatable bonds is 4. The second kappa shape index (κ2) is 6.64. The van der Waals surface area contributed by atoms with Crippen LogP contribution < -0.4 is 5.43 Å². The van der Waals surface area contributed by atoms with Gasteiger partial charge in [-0.2, -0.15) is 5.10 Å². The van der Waals surface area contributed by atoms with Crippen molar-refractivity contribution in [3.05, 3.63) is 61.6 Å². The van der Waals surface area contributed by atoms with Gasteiger partial charge in [0.1, 0.15) is 0 Å². The minimum atomic E-state index is -0.717. The molecule has 0 spiro atoms. The van der Waals surface area contributed by atoms with Crippen LogP contribution in [0.15, 0.2) is 35.4 Å². The van der Waals surface area contributed by atoms with E-state index in [-0.39, 0.29) is 10.6 Å². The zero-order chi connectivity index (χ0) is 16.3. The number of hydrazone groups is 1. The van der Waals surface area contributed by atoms with Crippen molar-refractivity contribution in [2.75, 3.05) is 5.43 Å². The van der Waals surface area contributed by atoms with Crippen LogP contribution in [0.5, 0.6) is 5.75 Å². The molecule has 0 fully saturated rings. The second-order valence-electron chi connectivity index (χ2n) is 4.45. The van der Waals surface area contributed by atoms with Crippen LogP contribution in [-0.2, 0) is 0 Å². The molecule has 2 aromatic carbocycles. The number of nitrogens with zero attached hydrogens (tertiary/aromatic N) is 2. The van der Waals surface area contributed by atoms with E-state index in [4.69, 9.17) is 23.2 Å². The Morgan fingerprint density at radius 2 is 2.05 bits per heavy atom. The number of phenolic OH excluding ortho intramolecular Hbond substituents is 1. The highest BCUT2D eigenvalue weighted by Crippen LogP contribution is 2.32. The third kappa shape index (κ3) is 3.66. The van der Waals surface area contributed by atoms with Gasteiger partial charge in [0.15, 0.2) is 0 Å². The first-order chi connectivity index (χ1) is 10.4. The molecule has 22 heavy (non-hydrogen) atoms. The number of halogens is 2. The van der Waals surface area contributed by atoms with Crippen molar-refractivity contribution in [3.63, 3.8) is 0 Å². The Morgan fingerprint density at radius 3 is 2.68 bits per heavy atom. The average molecular weight is 340 g/mol. The summed E-state index contributed by atoms with van der Waals surface area (Å²) in [4.78, 5) is 10.1. The Bertz CT molecular complexity index is 763. The lowest BCUT2D eigenvalue weighted by atomic mass is 10.2. The predicted molar refractivity (Wildman–Crippen MR) is 87.2 cm³/mol. The molecule has 0 radical (unpaired) electrons. The van der Waals surface area contributed by atoms with E-state index >= 15 is 0 Å². The number of anilines is 1. The average Bonchev–Trinajstić information content (AvgIpc) is 2.45. The van der Waals surface area contributed by atoms with Crippen molar-refractivity contribution in [2.45, 2.75) is 6.92 Å². The molecule has 0 atom stereocenters. The highest BCUT2D eigenvalue weighted by Gasteiger charge is 2.17. The van der Waals surface area contributed by atoms with Crippen molar-refractivity contribution < 1.29 is 10.0 Å². The lowest BCUT2D eigenvalue weighted by Crippen LogP contribution is -1.95. The standard InChI is InChI=1S/C14H11Cl2N3O3/c1-8-2-3-11(6-12(8)16)18-17-7-9-4-10(15)5-13(14(9)20)19(21)22/h2-7,18,20H,1H3. The second-order valence-corrected chi connectivity index (χ2v) is 5.30. The Balaban J connectivity index is 2.23. The lowest BCUT2D eigenvalue weighted by molar-refractivity contribution is -0.385. The van der Waals surface area contributed by atoms with Crippen LogP contribution in [-0.4, -0.2) is 16.2 Å². The van der Waals surface area contributed by atoms with E-state index in [9.17, 15) is 15.2 Å². The maximum absolute atomic E-state index is 10.8. The summed E-state index contributed by atoms with van der Waals surface area (Å²) >= 11 is 11.8. The highest BCUT2D eigenvalue weighted by molar-refractivity contribution is 6.31. The summed E-state index contributed by atoms with van der Waals surface area (Å²) in [5, 5.41) is 25.2. The molecule has 114 valence electrons. The van der Waals surface area contributed by atoms with Gasteiger partial charge >= 0.3 is 5.69 Å². The molecule has 0 saturated carbocycles. The first-order valence-corrected chi connectivity index (χ1v) is 6.86. The van der Waals surface area contributed by atoms with Crippen LogP contribution in [0.25, 0.3) is 0 Å². The highest BCUT2D eigenvalue weighted by atomic mass is 35.5. The summed E-state index contributed by atoms with van der Waals surface area (Å²) in [5.41, 5.74) is 3.94. The summed E-state index contributed by atoms with van der Waals surface area (Å²) in [7, 11) is 0. The van der Waals surface area contributed by atoms with Gasteiger partial charge in [-0.1, -0.05) is 29.3 Å². The largest absolute Gasteiger partial charge is 0.502 e. The van der Waals surface area contributed by atoms with Gasteiger partial charge in [0.2, 0.25) is 5.75 Å². The number of phenols is 1. The van der Waals surface area contributed by atoms with Crippen LogP contribution in [0.1, 0.15) is 11.1 Å². The van der Waals surface area contributed by atoms with Gasteiger partial charge in [-0.05, 0) is 30.7 Å². The summed E-state index contributed by atoms with van der Waals surface area (Å²) in [6, 6.07) is 7.73. The van der Waals surface area contributed by atoms with Gasteiger partial charge in [-0.3, -0.25) is 15.5 Å². The van der Waals surface area contributed by atoms with Crippen molar-refractivity contribution in [2.24, 2.45) is 5.10 Å². The molecule has 2 rings (SSSR count). The number of aryl methyl sites for hydroxylation is 1. The number of nitro groups is 1. The fraction of sp³-hybridized carbons (Fsp3) is 0.0714. The Morgan fingerprint density at radius 1 is 1.32 bits per heavy atom. The topological polar surface area (TPSA) is 87.8 Å². The minimum Gasteiger partial charge on any atom is -0.502 e. The van der Waals surface area contributed by atoms with Crippen LogP contribution in [0.4, 0.5) is 11.4 Å². The van der Waals surface area contributed by atoms with Gasteiger partial charge < -0.3 is 5.11 Å². The van der Waals surface area contributed by atoms with E-state index in [1.807, 2.05) is 13.0 Å². The van der Waals surface area contributed by atoms with E-state index in [1.54, 1.807) is 12.1 Å². The molecule has 6 nitrogen and oxygen atoms in total. The number of benzene rings is 2. The molecule has 2 N–H and O–H groups in total. The van der Waals surface area contributed by atoms with E-state index in [0.717, 1.165) is 11.6 Å². The molecule has 0 amide bonds. The lowest BCUT2D eigenvalue weighted by Gasteiger charge is -2.04. The van der Waals surface area contributed by atoms with Crippen molar-refractivity contribution in [1.82, 2.24) is 0 Å². The van der Waals surface area contributed by atoms with Gasteiger partial charge in [-0.25, -0.2) is 0 Å². The predicted octanol–water partition coefficient (Wildman–Crippen LogP) is 4.36. The first-order valence-electron chi connectivity index (χ1n) is 6.10. The molecule has 0 aliphatic carbocycles. The van der Waals surface area contributed by atoms with Crippen LogP contribution in [0.2, 0.25) is 10.0 Å². The zero-order valence-corrected chi connectivity index (χ0v) is 12.9. The quantitative estimate of drug-likeness (QED) is 0.492. The summed E-state index contributed by atoms with van der Waals surface area (Å²) < 4.78 is 0. The number of nitrogens with one attached hydrogen (secondary N) is 1. The maximum atomic E-state index is 10.8. The fourth-order valence-corrected chi connectivity index (χ4v) is 2.08. The molecule has 0 aliphatic rings. The van der Waals surface area contributed by atoms with Crippen molar-refractivity contribution >= 4 is 40.8 Å². The number of hydrogen-bond acceptors (Lipinski definition) is 5. The van der Waals surface area contributed by atoms with E-state index < -0.39 is 16.4 Å². The number of nitro benzene ring substituents is 1. The molecule has 0 saturated heterocycles. The normalized spacial score (nSPS) is 10.9. The van der Waals surface area contributed by atoms with Crippen LogP contribution >= 0.6 is 23.2 Å². The van der Waals surface area contributed by atoms with E-state index in [1.165, 1.54) is 12.3 Å². The molecule has 0 heterocycles. The van der Waals surface area contributed by atoms with E-state index in [0.29, 0.717) is 10.7 Å². The fourth-order valence-electron chi connectivity index (χ4n) is 1.68. The van der Waals surface area contributed by atoms with Gasteiger partial charge in [0, 0.05) is 21.7 Å². The molecule has 0 unspecified atom stereocenters. The van der Waals surface area contributed by atoms with Gasteiger partial charge in [-0.15, -0.1) is 0 Å². The van der Waals surface area contributed by atoms with Crippen molar-refractivity contribution in [3.8, 4) is 5.75 Å². The first kappa shape index (κ1) is 16.1. The van der Waals surface area contributed by atoms with Gasteiger partial charge in [0.05, 0.1) is 16.8 Å². The monoisotopic (exact) mass is 339 g/mol. The summed E-state index contributed by atoms with van der Waals surface area (Å²) in [6.45, 7) is 1.87. The molecular formula is C14H11Cl2N3O3. The number of hydrogen-bond donors (Lipinski definition) is 2. The Hall–Kier alpha value is -2.31. The SMILES string of the molecule is Cc1ccc(NN=Cc2cc(Cl)cc([N+](=O)[O-])c2O)cc1Cl. The van der Waals surface area contributed by atoms with Gasteiger partial charge in [0.25, 0.3) is 0 Å². The third-order valence-electron chi connectivity index (χ3n) is 2.85. The molecule has 8 heteroatoms. The summed E-state index contributed by atoms with van der Waals surface area (Å²) in [5.74, 6) is -0.498. The Kier molecular flexibility index (Phi) is 4.85. The molecule has 0 aromatic heterocycles. The van der Waals surface area contributed by atoms with Crippen molar-refractivity contribution in [1.29, 1.82) is 0 Å². The molecule has 2 aromatic rings. The molecule has 0 aliphatic heterocycles. The smallest absolute Gasteiger partial charge is 0.312 e. The summed E-state index contributed by atoms with van der Waals surface area (Å²) in [6.07, 6.45) is 1.24. The van der Waals surface area contributed by atoms with Crippen LogP contribution in [0, 0.1) is 17.0 Å². The molecular weight excluding hydrogens is 329 g/mol. The number of aromatic hydroxyl groups is 1. The third-order valence-corrected chi connectivity index (χ3v) is 3.48.